The molecular weight excluding hydrogens is 402 g/mol. The third-order valence-electron chi connectivity index (χ3n) is 5.29. The van der Waals surface area contributed by atoms with Crippen LogP contribution < -0.4 is 0 Å². The Bertz CT molecular complexity index is 1080. The molecule has 0 radical (unpaired) electrons. The number of hydrogen-bond acceptors (Lipinski definition) is 5. The summed E-state index contributed by atoms with van der Waals surface area (Å²) in [6.07, 6.45) is 7.35. The first-order chi connectivity index (χ1) is 14.5. The summed E-state index contributed by atoms with van der Waals surface area (Å²) in [5.74, 6) is -0.308. The minimum Gasteiger partial charge on any atom is -0.459 e. The van der Waals surface area contributed by atoms with Gasteiger partial charge < -0.3 is 9.14 Å². The molecule has 1 aromatic carbocycles. The number of piperidine rings is 1. The first-order valence-electron chi connectivity index (χ1n) is 10.2. The molecule has 8 heteroatoms. The average Bonchev–Trinajstić information content (AvgIpc) is 3.20. The zero-order chi connectivity index (χ0) is 21.0. The van der Waals surface area contributed by atoms with Crippen molar-refractivity contribution >= 4 is 21.6 Å². The lowest BCUT2D eigenvalue weighted by atomic mass is 10.1. The summed E-state index contributed by atoms with van der Waals surface area (Å²) in [6, 6.07) is 12.5. The maximum Gasteiger partial charge on any atom is 0.306 e. The van der Waals surface area contributed by atoms with Crippen LogP contribution in [0.2, 0.25) is 0 Å². The standard InChI is InChI=1S/C22H25N3O4S/c26-22(29-17-19-16-24-13-5-2-6-21(24)23-19)12-9-18-7-10-20(11-8-18)30(27,28)25-14-3-1-4-15-25/h2,5-8,10-11,13,16H,1,3-4,9,12,14-15,17H2. The monoisotopic (exact) mass is 427 g/mol. The zero-order valence-electron chi connectivity index (χ0n) is 16.7. The summed E-state index contributed by atoms with van der Waals surface area (Å²) >= 11 is 0. The molecule has 30 heavy (non-hydrogen) atoms. The first kappa shape index (κ1) is 20.6. The van der Waals surface area contributed by atoms with Crippen molar-refractivity contribution in [3.05, 3.63) is 66.1 Å². The Hall–Kier alpha value is -2.71. The van der Waals surface area contributed by atoms with Gasteiger partial charge in [0.15, 0.2) is 0 Å². The Morgan fingerprint density at radius 2 is 1.80 bits per heavy atom. The minimum absolute atomic E-state index is 0.132. The van der Waals surface area contributed by atoms with Crippen LogP contribution >= 0.6 is 0 Å². The van der Waals surface area contributed by atoms with Crippen molar-refractivity contribution < 1.29 is 17.9 Å². The highest BCUT2D eigenvalue weighted by atomic mass is 32.2. The van der Waals surface area contributed by atoms with Gasteiger partial charge in [0.05, 0.1) is 10.6 Å². The van der Waals surface area contributed by atoms with Crippen LogP contribution in [0, 0.1) is 0 Å². The van der Waals surface area contributed by atoms with Gasteiger partial charge in [0.2, 0.25) is 10.0 Å². The van der Waals surface area contributed by atoms with Crippen molar-refractivity contribution in [1.29, 1.82) is 0 Å². The fourth-order valence-electron chi connectivity index (χ4n) is 3.61. The number of carbonyl (C=O) groups is 1. The third-order valence-corrected chi connectivity index (χ3v) is 7.20. The quantitative estimate of drug-likeness (QED) is 0.541. The van der Waals surface area contributed by atoms with Gasteiger partial charge in [-0.2, -0.15) is 4.31 Å². The van der Waals surface area contributed by atoms with Crippen molar-refractivity contribution in [1.82, 2.24) is 13.7 Å². The number of esters is 1. The predicted molar refractivity (Wildman–Crippen MR) is 112 cm³/mol. The predicted octanol–water partition coefficient (Wildman–Crippen LogP) is 3.18. The Morgan fingerprint density at radius 3 is 2.53 bits per heavy atom. The number of rotatable bonds is 7. The molecule has 0 aliphatic carbocycles. The number of ether oxygens (including phenoxy) is 1. The van der Waals surface area contributed by atoms with E-state index in [1.165, 1.54) is 0 Å². The Kier molecular flexibility index (Phi) is 6.15. The zero-order valence-corrected chi connectivity index (χ0v) is 17.6. The number of aromatic nitrogens is 2. The van der Waals surface area contributed by atoms with Crippen LogP contribution in [-0.4, -0.2) is 41.2 Å². The van der Waals surface area contributed by atoms with Gasteiger partial charge in [-0.05, 0) is 49.1 Å². The third kappa shape index (κ3) is 4.71. The van der Waals surface area contributed by atoms with E-state index in [2.05, 4.69) is 4.98 Å². The highest BCUT2D eigenvalue weighted by Gasteiger charge is 2.25. The fraction of sp³-hybridized carbons (Fsp3) is 0.364. The van der Waals surface area contributed by atoms with E-state index in [9.17, 15) is 13.2 Å². The van der Waals surface area contributed by atoms with Crippen molar-refractivity contribution in [3.63, 3.8) is 0 Å². The molecule has 0 saturated carbocycles. The maximum absolute atomic E-state index is 12.7. The summed E-state index contributed by atoms with van der Waals surface area (Å²) in [6.45, 7) is 1.30. The van der Waals surface area contributed by atoms with E-state index in [1.807, 2.05) is 35.0 Å². The van der Waals surface area contributed by atoms with Gasteiger partial charge in [0, 0.05) is 31.9 Å². The second kappa shape index (κ2) is 8.97. The molecule has 2 aromatic heterocycles. The molecule has 7 nitrogen and oxygen atoms in total. The number of imidazole rings is 1. The van der Waals surface area contributed by atoms with E-state index in [4.69, 9.17) is 4.74 Å². The van der Waals surface area contributed by atoms with Crippen LogP contribution in [-0.2, 0) is 32.6 Å². The summed E-state index contributed by atoms with van der Waals surface area (Å²) in [5.41, 5.74) is 2.40. The molecule has 1 aliphatic heterocycles. The minimum atomic E-state index is -3.43. The number of aryl methyl sites for hydroxylation is 1. The highest BCUT2D eigenvalue weighted by Crippen LogP contribution is 2.21. The Balaban J connectivity index is 1.28. The van der Waals surface area contributed by atoms with Crippen LogP contribution in [0.15, 0.2) is 59.8 Å². The van der Waals surface area contributed by atoms with Crippen molar-refractivity contribution in [2.24, 2.45) is 0 Å². The topological polar surface area (TPSA) is 81.0 Å². The van der Waals surface area contributed by atoms with E-state index in [1.54, 1.807) is 28.6 Å². The summed E-state index contributed by atoms with van der Waals surface area (Å²) < 4.78 is 34.1. The number of sulfonamides is 1. The Morgan fingerprint density at radius 1 is 1.03 bits per heavy atom. The molecule has 3 aromatic rings. The molecule has 158 valence electrons. The fourth-order valence-corrected chi connectivity index (χ4v) is 5.13. The van der Waals surface area contributed by atoms with E-state index in [0.29, 0.717) is 30.1 Å². The van der Waals surface area contributed by atoms with Crippen LogP contribution in [0.25, 0.3) is 5.65 Å². The molecule has 0 N–H and O–H groups in total. The summed E-state index contributed by atoms with van der Waals surface area (Å²) in [5, 5.41) is 0. The largest absolute Gasteiger partial charge is 0.459 e. The van der Waals surface area contributed by atoms with Crippen LogP contribution in [0.4, 0.5) is 0 Å². The lowest BCUT2D eigenvalue weighted by molar-refractivity contribution is -0.145. The molecule has 0 atom stereocenters. The SMILES string of the molecule is O=C(CCc1ccc(S(=O)(=O)N2CCCCC2)cc1)OCc1cn2ccccc2n1. The highest BCUT2D eigenvalue weighted by molar-refractivity contribution is 7.89. The second-order valence-electron chi connectivity index (χ2n) is 7.47. The van der Waals surface area contributed by atoms with Crippen LogP contribution in [0.5, 0.6) is 0 Å². The van der Waals surface area contributed by atoms with Crippen molar-refractivity contribution in [2.75, 3.05) is 13.1 Å². The number of carbonyl (C=O) groups excluding carboxylic acids is 1. The first-order valence-corrected chi connectivity index (χ1v) is 11.6. The molecule has 1 saturated heterocycles. The molecule has 0 spiro atoms. The van der Waals surface area contributed by atoms with Gasteiger partial charge in [0.1, 0.15) is 12.3 Å². The van der Waals surface area contributed by atoms with E-state index < -0.39 is 10.0 Å². The van der Waals surface area contributed by atoms with Gasteiger partial charge in [-0.1, -0.05) is 24.6 Å². The van der Waals surface area contributed by atoms with Crippen molar-refractivity contribution in [3.8, 4) is 0 Å². The second-order valence-corrected chi connectivity index (χ2v) is 9.41. The van der Waals surface area contributed by atoms with Crippen LogP contribution in [0.1, 0.15) is 36.9 Å². The molecule has 0 unspecified atom stereocenters. The molecule has 0 bridgehead atoms. The lowest BCUT2D eigenvalue weighted by Gasteiger charge is -2.25. The van der Waals surface area contributed by atoms with Gasteiger partial charge >= 0.3 is 5.97 Å². The molecule has 1 fully saturated rings. The van der Waals surface area contributed by atoms with Crippen molar-refractivity contribution in [2.45, 2.75) is 43.6 Å². The summed E-state index contributed by atoms with van der Waals surface area (Å²) in [7, 11) is -3.43. The number of benzene rings is 1. The van der Waals surface area contributed by atoms with E-state index >= 15 is 0 Å². The molecule has 3 heterocycles. The number of fused-ring (bicyclic) bond motifs is 1. The molecule has 0 amide bonds. The average molecular weight is 428 g/mol. The van der Waals surface area contributed by atoms with Gasteiger partial charge in [0.25, 0.3) is 0 Å². The number of hydrogen-bond donors (Lipinski definition) is 0. The van der Waals surface area contributed by atoms with Crippen LogP contribution in [0.3, 0.4) is 0 Å². The van der Waals surface area contributed by atoms with E-state index in [-0.39, 0.29) is 19.0 Å². The van der Waals surface area contributed by atoms with Gasteiger partial charge in [-0.3, -0.25) is 4.79 Å². The number of pyridine rings is 1. The smallest absolute Gasteiger partial charge is 0.306 e. The molecule has 1 aliphatic rings. The normalized spacial score (nSPS) is 15.3. The molecular formula is C22H25N3O4S. The van der Waals surface area contributed by atoms with Gasteiger partial charge in [-0.25, -0.2) is 13.4 Å². The number of nitrogens with zero attached hydrogens (tertiary/aromatic N) is 3. The Labute approximate surface area is 176 Å². The van der Waals surface area contributed by atoms with E-state index in [0.717, 1.165) is 30.5 Å². The lowest BCUT2D eigenvalue weighted by Crippen LogP contribution is -2.35. The van der Waals surface area contributed by atoms with Gasteiger partial charge in [-0.15, -0.1) is 0 Å². The summed E-state index contributed by atoms with van der Waals surface area (Å²) in [4.78, 5) is 16.8. The maximum atomic E-state index is 12.7. The molecule has 4 rings (SSSR count).